The molecule has 0 amide bonds. The molecule has 0 radical (unpaired) electrons. The van der Waals surface area contributed by atoms with Gasteiger partial charge >= 0.3 is 0 Å². The highest BCUT2D eigenvalue weighted by atomic mass is 19.1. The van der Waals surface area contributed by atoms with Crippen molar-refractivity contribution >= 4 is 5.69 Å². The molecule has 112 valence electrons. The van der Waals surface area contributed by atoms with Crippen LogP contribution >= 0.6 is 0 Å². The van der Waals surface area contributed by atoms with E-state index in [0.29, 0.717) is 18.7 Å². The molecule has 4 nitrogen and oxygen atoms in total. The van der Waals surface area contributed by atoms with Crippen LogP contribution in [0.25, 0.3) is 0 Å². The van der Waals surface area contributed by atoms with E-state index in [0.717, 1.165) is 11.3 Å². The van der Waals surface area contributed by atoms with Gasteiger partial charge in [-0.3, -0.25) is 0 Å². The summed E-state index contributed by atoms with van der Waals surface area (Å²) in [5.41, 5.74) is 8.30. The van der Waals surface area contributed by atoms with E-state index in [1.807, 2.05) is 19.9 Å². The molecule has 3 N–H and O–H groups in total. The first-order valence-corrected chi connectivity index (χ1v) is 6.99. The maximum atomic E-state index is 13.8. The standard InChI is InChI=1S/C15H23FN2O2/c1-9-4-15(13(11(3)17)5-14(9)16)18-6-10(2)20-12(7-18)8-19/h4-5,10-12,19H,6-8,17H2,1-3H3/t10?,11-,12?/m1/s1. The molecule has 1 aromatic carbocycles. The molecule has 0 aliphatic carbocycles. The SMILES string of the molecule is Cc1cc(N2CC(C)OC(CO)C2)c([C@@H](C)N)cc1F. The van der Waals surface area contributed by atoms with Crippen molar-refractivity contribution in [1.29, 1.82) is 0 Å². The number of hydrogen-bond acceptors (Lipinski definition) is 4. The molecule has 5 heteroatoms. The van der Waals surface area contributed by atoms with Gasteiger partial charge in [-0.25, -0.2) is 4.39 Å². The lowest BCUT2D eigenvalue weighted by Crippen LogP contribution is -2.48. The van der Waals surface area contributed by atoms with Crippen LogP contribution in [0.4, 0.5) is 10.1 Å². The summed E-state index contributed by atoms with van der Waals surface area (Å²) in [6, 6.07) is 3.11. The molecule has 1 aliphatic rings. The van der Waals surface area contributed by atoms with Crippen LogP contribution in [0.3, 0.4) is 0 Å². The maximum absolute atomic E-state index is 13.8. The third-order valence-corrected chi connectivity index (χ3v) is 3.67. The molecule has 0 spiro atoms. The zero-order valence-electron chi connectivity index (χ0n) is 12.3. The Hall–Kier alpha value is -1.17. The second kappa shape index (κ2) is 6.08. The Balaban J connectivity index is 2.37. The molecule has 1 saturated heterocycles. The van der Waals surface area contributed by atoms with E-state index in [2.05, 4.69) is 4.90 Å². The molecular weight excluding hydrogens is 259 g/mol. The van der Waals surface area contributed by atoms with Crippen molar-refractivity contribution < 1.29 is 14.2 Å². The fourth-order valence-electron chi connectivity index (χ4n) is 2.66. The molecule has 3 atom stereocenters. The van der Waals surface area contributed by atoms with E-state index in [9.17, 15) is 9.50 Å². The van der Waals surface area contributed by atoms with Crippen molar-refractivity contribution in [3.8, 4) is 0 Å². The van der Waals surface area contributed by atoms with Crippen molar-refractivity contribution in [3.63, 3.8) is 0 Å². The predicted octanol–water partition coefficient (Wildman–Crippen LogP) is 1.74. The van der Waals surface area contributed by atoms with E-state index in [-0.39, 0.29) is 30.7 Å². The summed E-state index contributed by atoms with van der Waals surface area (Å²) in [6.07, 6.45) is -0.197. The van der Waals surface area contributed by atoms with Crippen LogP contribution in [0.2, 0.25) is 0 Å². The first-order chi connectivity index (χ1) is 9.42. The van der Waals surface area contributed by atoms with Crippen LogP contribution in [-0.2, 0) is 4.74 Å². The van der Waals surface area contributed by atoms with Crippen LogP contribution in [0.15, 0.2) is 12.1 Å². The number of nitrogens with zero attached hydrogens (tertiary/aromatic N) is 1. The number of morpholine rings is 1. The zero-order valence-corrected chi connectivity index (χ0v) is 12.3. The van der Waals surface area contributed by atoms with Gasteiger partial charge in [0.15, 0.2) is 0 Å². The van der Waals surface area contributed by atoms with Gasteiger partial charge in [-0.15, -0.1) is 0 Å². The lowest BCUT2D eigenvalue weighted by atomic mass is 10.0. The average molecular weight is 282 g/mol. The largest absolute Gasteiger partial charge is 0.394 e. The molecule has 1 heterocycles. The van der Waals surface area contributed by atoms with Gasteiger partial charge in [0, 0.05) is 24.8 Å². The van der Waals surface area contributed by atoms with Crippen LogP contribution in [0, 0.1) is 12.7 Å². The van der Waals surface area contributed by atoms with Crippen molar-refractivity contribution in [2.45, 2.75) is 39.0 Å². The van der Waals surface area contributed by atoms with Gasteiger partial charge in [0.05, 0.1) is 18.8 Å². The number of nitrogens with two attached hydrogens (primary N) is 1. The average Bonchev–Trinajstić information content (AvgIpc) is 2.40. The smallest absolute Gasteiger partial charge is 0.126 e. The number of hydrogen-bond donors (Lipinski definition) is 2. The predicted molar refractivity (Wildman–Crippen MR) is 77.4 cm³/mol. The first kappa shape index (κ1) is 15.2. The molecule has 1 fully saturated rings. The minimum absolute atomic E-state index is 0.0193. The Morgan fingerprint density at radius 1 is 1.50 bits per heavy atom. The normalized spacial score (nSPS) is 24.8. The monoisotopic (exact) mass is 282 g/mol. The van der Waals surface area contributed by atoms with Crippen molar-refractivity contribution in [2.24, 2.45) is 5.73 Å². The number of aliphatic hydroxyl groups excluding tert-OH is 1. The summed E-state index contributed by atoms with van der Waals surface area (Å²) in [5.74, 6) is -0.235. The van der Waals surface area contributed by atoms with E-state index >= 15 is 0 Å². The zero-order chi connectivity index (χ0) is 14.9. The topological polar surface area (TPSA) is 58.7 Å². The van der Waals surface area contributed by atoms with E-state index in [4.69, 9.17) is 10.5 Å². The lowest BCUT2D eigenvalue weighted by molar-refractivity contribution is -0.0421. The third-order valence-electron chi connectivity index (χ3n) is 3.67. The van der Waals surface area contributed by atoms with Crippen LogP contribution < -0.4 is 10.6 Å². The summed E-state index contributed by atoms with van der Waals surface area (Å²) >= 11 is 0. The summed E-state index contributed by atoms with van der Waals surface area (Å²) in [7, 11) is 0. The van der Waals surface area contributed by atoms with Crippen LogP contribution in [0.5, 0.6) is 0 Å². The second-order valence-electron chi connectivity index (χ2n) is 5.61. The molecule has 2 unspecified atom stereocenters. The summed E-state index contributed by atoms with van der Waals surface area (Å²) < 4.78 is 19.4. The first-order valence-electron chi connectivity index (χ1n) is 6.99. The highest BCUT2D eigenvalue weighted by Crippen LogP contribution is 2.30. The summed E-state index contributed by atoms with van der Waals surface area (Å²) in [6.45, 7) is 6.84. The quantitative estimate of drug-likeness (QED) is 0.886. The molecule has 20 heavy (non-hydrogen) atoms. The van der Waals surface area contributed by atoms with Crippen LogP contribution in [0.1, 0.15) is 31.0 Å². The van der Waals surface area contributed by atoms with Crippen molar-refractivity contribution in [3.05, 3.63) is 29.1 Å². The number of rotatable bonds is 3. The van der Waals surface area contributed by atoms with E-state index in [1.54, 1.807) is 6.92 Å². The van der Waals surface area contributed by atoms with Crippen molar-refractivity contribution in [1.82, 2.24) is 0 Å². The van der Waals surface area contributed by atoms with Gasteiger partial charge in [0.1, 0.15) is 5.82 Å². The number of halogens is 1. The molecule has 2 rings (SSSR count). The maximum Gasteiger partial charge on any atom is 0.126 e. The van der Waals surface area contributed by atoms with Gasteiger partial charge in [-0.05, 0) is 44.0 Å². The fourth-order valence-corrected chi connectivity index (χ4v) is 2.66. The van der Waals surface area contributed by atoms with Crippen LogP contribution in [-0.4, -0.2) is 37.0 Å². The number of aryl methyl sites for hydroxylation is 1. The molecular formula is C15H23FN2O2. The molecule has 0 saturated carbocycles. The molecule has 1 aliphatic heterocycles. The molecule has 0 bridgehead atoms. The van der Waals surface area contributed by atoms with E-state index < -0.39 is 0 Å². The minimum Gasteiger partial charge on any atom is -0.394 e. The number of ether oxygens (including phenoxy) is 1. The molecule has 1 aromatic rings. The third kappa shape index (κ3) is 3.11. The highest BCUT2D eigenvalue weighted by Gasteiger charge is 2.27. The van der Waals surface area contributed by atoms with Gasteiger partial charge < -0.3 is 20.5 Å². The Morgan fingerprint density at radius 2 is 2.20 bits per heavy atom. The Kier molecular flexibility index (Phi) is 4.62. The lowest BCUT2D eigenvalue weighted by Gasteiger charge is -2.39. The van der Waals surface area contributed by atoms with Gasteiger partial charge in [-0.2, -0.15) is 0 Å². The highest BCUT2D eigenvalue weighted by molar-refractivity contribution is 5.57. The minimum atomic E-state index is -0.245. The van der Waals surface area contributed by atoms with Crippen molar-refractivity contribution in [2.75, 3.05) is 24.6 Å². The van der Waals surface area contributed by atoms with E-state index in [1.165, 1.54) is 6.07 Å². The van der Waals surface area contributed by atoms with Gasteiger partial charge in [-0.1, -0.05) is 0 Å². The van der Waals surface area contributed by atoms with Gasteiger partial charge in [0.2, 0.25) is 0 Å². The Morgan fingerprint density at radius 3 is 2.80 bits per heavy atom. The number of aliphatic hydroxyl groups is 1. The second-order valence-corrected chi connectivity index (χ2v) is 5.61. The van der Waals surface area contributed by atoms with Gasteiger partial charge in [0.25, 0.3) is 0 Å². The fraction of sp³-hybridized carbons (Fsp3) is 0.600. The Bertz CT molecular complexity index is 479. The summed E-state index contributed by atoms with van der Waals surface area (Å²) in [4.78, 5) is 2.13. The summed E-state index contributed by atoms with van der Waals surface area (Å²) in [5, 5.41) is 9.31. The Labute approximate surface area is 119 Å². The molecule has 0 aromatic heterocycles. The number of benzene rings is 1. The number of anilines is 1.